The van der Waals surface area contributed by atoms with Gasteiger partial charge in [0.05, 0.1) is 16.1 Å². The van der Waals surface area contributed by atoms with Gasteiger partial charge < -0.3 is 15.2 Å². The second-order valence-corrected chi connectivity index (χ2v) is 5.62. The van der Waals surface area contributed by atoms with Gasteiger partial charge in [-0.3, -0.25) is 0 Å². The van der Waals surface area contributed by atoms with Gasteiger partial charge in [-0.15, -0.1) is 0 Å². The summed E-state index contributed by atoms with van der Waals surface area (Å²) < 4.78 is 12.9. The van der Waals surface area contributed by atoms with Gasteiger partial charge in [0.15, 0.2) is 0 Å². The van der Waals surface area contributed by atoms with E-state index >= 15 is 0 Å². The maximum Gasteiger partial charge on any atom is 0.148 e. The molecule has 0 saturated carbocycles. The zero-order valence-electron chi connectivity index (χ0n) is 10.3. The fourth-order valence-electron chi connectivity index (χ4n) is 1.65. The van der Waals surface area contributed by atoms with Crippen LogP contribution in [0, 0.1) is 0 Å². The van der Waals surface area contributed by atoms with E-state index in [4.69, 9.17) is 15.2 Å². The number of ether oxygens (including phenoxy) is 2. The van der Waals surface area contributed by atoms with Crippen molar-refractivity contribution in [2.24, 2.45) is 0 Å². The first-order valence-corrected chi connectivity index (χ1v) is 7.19. The van der Waals surface area contributed by atoms with Gasteiger partial charge in [-0.1, -0.05) is 6.07 Å². The van der Waals surface area contributed by atoms with Crippen LogP contribution in [0.4, 0.5) is 5.69 Å². The summed E-state index contributed by atoms with van der Waals surface area (Å²) in [6.07, 6.45) is 0. The largest absolute Gasteiger partial charge is 0.496 e. The van der Waals surface area contributed by atoms with E-state index in [9.17, 15) is 0 Å². The molecule has 0 aliphatic carbocycles. The van der Waals surface area contributed by atoms with Gasteiger partial charge >= 0.3 is 0 Å². The number of nitrogen functional groups attached to an aromatic ring is 1. The summed E-state index contributed by atoms with van der Waals surface area (Å²) >= 11 is 6.92. The minimum Gasteiger partial charge on any atom is -0.496 e. The number of hydrogen-bond acceptors (Lipinski definition) is 3. The summed E-state index contributed by atoms with van der Waals surface area (Å²) in [6, 6.07) is 11.3. The number of rotatable bonds is 4. The summed E-state index contributed by atoms with van der Waals surface area (Å²) in [5.74, 6) is 1.49. The molecular weight excluding hydrogens is 374 g/mol. The highest BCUT2D eigenvalue weighted by molar-refractivity contribution is 9.11. The fraction of sp³-hybridized carbons (Fsp3) is 0.143. The summed E-state index contributed by atoms with van der Waals surface area (Å²) in [4.78, 5) is 0. The molecule has 0 aliphatic heterocycles. The Labute approximate surface area is 129 Å². The van der Waals surface area contributed by atoms with Crippen molar-refractivity contribution < 1.29 is 9.47 Å². The summed E-state index contributed by atoms with van der Waals surface area (Å²) in [6.45, 7) is 0.407. The lowest BCUT2D eigenvalue weighted by atomic mass is 10.2. The Morgan fingerprint density at radius 3 is 2.42 bits per heavy atom. The lowest BCUT2D eigenvalue weighted by Crippen LogP contribution is -2.00. The third-order valence-electron chi connectivity index (χ3n) is 2.60. The monoisotopic (exact) mass is 385 g/mol. The average Bonchev–Trinajstić information content (AvgIpc) is 2.39. The minimum absolute atomic E-state index is 0.407. The fourth-order valence-corrected chi connectivity index (χ4v) is 2.88. The Balaban J connectivity index is 2.19. The Bertz CT molecular complexity index is 567. The van der Waals surface area contributed by atoms with Crippen molar-refractivity contribution in [3.05, 3.63) is 50.9 Å². The van der Waals surface area contributed by atoms with E-state index in [2.05, 4.69) is 31.9 Å². The Morgan fingerprint density at radius 1 is 1.11 bits per heavy atom. The van der Waals surface area contributed by atoms with Crippen LogP contribution in [0.2, 0.25) is 0 Å². The lowest BCUT2D eigenvalue weighted by molar-refractivity contribution is 0.293. The SMILES string of the molecule is COc1cc(N)ccc1COc1c(Br)cccc1Br. The minimum atomic E-state index is 0.407. The topological polar surface area (TPSA) is 44.5 Å². The Kier molecular flexibility index (Phi) is 4.71. The molecule has 0 fully saturated rings. The molecule has 0 amide bonds. The standard InChI is InChI=1S/C14H13Br2NO2/c1-18-13-7-10(17)6-5-9(13)8-19-14-11(15)3-2-4-12(14)16/h2-7H,8,17H2,1H3. The number of para-hydroxylation sites is 1. The molecule has 2 aromatic carbocycles. The first-order valence-electron chi connectivity index (χ1n) is 5.61. The Morgan fingerprint density at radius 2 is 1.79 bits per heavy atom. The molecule has 0 unspecified atom stereocenters. The molecule has 0 radical (unpaired) electrons. The molecule has 2 aromatic rings. The normalized spacial score (nSPS) is 10.3. The number of benzene rings is 2. The lowest BCUT2D eigenvalue weighted by Gasteiger charge is -2.13. The van der Waals surface area contributed by atoms with Crippen molar-refractivity contribution >= 4 is 37.5 Å². The highest BCUT2D eigenvalue weighted by atomic mass is 79.9. The van der Waals surface area contributed by atoms with Crippen molar-refractivity contribution in [2.45, 2.75) is 6.61 Å². The number of halogens is 2. The van der Waals surface area contributed by atoms with Gasteiger partial charge in [0.2, 0.25) is 0 Å². The zero-order valence-corrected chi connectivity index (χ0v) is 13.5. The van der Waals surface area contributed by atoms with Crippen molar-refractivity contribution in [1.29, 1.82) is 0 Å². The molecule has 0 saturated heterocycles. The average molecular weight is 387 g/mol. The smallest absolute Gasteiger partial charge is 0.148 e. The molecule has 2 rings (SSSR count). The second-order valence-electron chi connectivity index (χ2n) is 3.91. The predicted molar refractivity (Wildman–Crippen MR) is 83.6 cm³/mol. The van der Waals surface area contributed by atoms with Gasteiger partial charge in [-0.2, -0.15) is 0 Å². The van der Waals surface area contributed by atoms with Crippen LogP contribution in [0.5, 0.6) is 11.5 Å². The summed E-state index contributed by atoms with van der Waals surface area (Å²) in [5, 5.41) is 0. The number of hydrogen-bond donors (Lipinski definition) is 1. The van der Waals surface area contributed by atoms with Crippen molar-refractivity contribution in [3.63, 3.8) is 0 Å². The molecular formula is C14H13Br2NO2. The molecule has 0 heterocycles. The van der Waals surface area contributed by atoms with Crippen LogP contribution in [0.1, 0.15) is 5.56 Å². The van der Waals surface area contributed by atoms with Gasteiger partial charge in [-0.05, 0) is 56.1 Å². The molecule has 2 N–H and O–H groups in total. The van der Waals surface area contributed by atoms with Crippen molar-refractivity contribution in [3.8, 4) is 11.5 Å². The van der Waals surface area contributed by atoms with Crippen LogP contribution in [0.15, 0.2) is 45.3 Å². The number of methoxy groups -OCH3 is 1. The zero-order chi connectivity index (χ0) is 13.8. The van der Waals surface area contributed by atoms with Crippen LogP contribution < -0.4 is 15.2 Å². The third-order valence-corrected chi connectivity index (χ3v) is 3.85. The van der Waals surface area contributed by atoms with E-state index in [0.29, 0.717) is 12.3 Å². The summed E-state index contributed by atoms with van der Waals surface area (Å²) in [5.41, 5.74) is 7.34. The van der Waals surface area contributed by atoms with Gasteiger partial charge in [-0.25, -0.2) is 0 Å². The molecule has 100 valence electrons. The predicted octanol–water partition coefficient (Wildman–Crippen LogP) is 4.38. The van der Waals surface area contributed by atoms with E-state index in [-0.39, 0.29) is 0 Å². The molecule has 19 heavy (non-hydrogen) atoms. The van der Waals surface area contributed by atoms with Gasteiger partial charge in [0.1, 0.15) is 18.1 Å². The number of anilines is 1. The highest BCUT2D eigenvalue weighted by Crippen LogP contribution is 2.34. The molecule has 0 atom stereocenters. The molecule has 0 spiro atoms. The molecule has 0 aliphatic rings. The van der Waals surface area contributed by atoms with E-state index in [1.54, 1.807) is 13.2 Å². The first-order chi connectivity index (χ1) is 9.11. The maximum absolute atomic E-state index is 5.82. The quantitative estimate of drug-likeness (QED) is 0.793. The summed E-state index contributed by atoms with van der Waals surface area (Å²) in [7, 11) is 1.62. The van der Waals surface area contributed by atoms with Crippen LogP contribution in [0.3, 0.4) is 0 Å². The molecule has 3 nitrogen and oxygen atoms in total. The van der Waals surface area contributed by atoms with E-state index < -0.39 is 0 Å². The van der Waals surface area contributed by atoms with E-state index in [1.165, 1.54) is 0 Å². The molecule has 5 heteroatoms. The van der Waals surface area contributed by atoms with Crippen LogP contribution in [0.25, 0.3) is 0 Å². The first kappa shape index (κ1) is 14.2. The molecule has 0 bridgehead atoms. The van der Waals surface area contributed by atoms with E-state index in [0.717, 1.165) is 26.0 Å². The third kappa shape index (κ3) is 3.42. The van der Waals surface area contributed by atoms with Crippen LogP contribution in [-0.2, 0) is 6.61 Å². The molecule has 0 aromatic heterocycles. The van der Waals surface area contributed by atoms with E-state index in [1.807, 2.05) is 30.3 Å². The highest BCUT2D eigenvalue weighted by Gasteiger charge is 2.09. The maximum atomic E-state index is 5.82. The Hall–Kier alpha value is -1.20. The van der Waals surface area contributed by atoms with Gasteiger partial charge in [0, 0.05) is 17.3 Å². The number of nitrogens with two attached hydrogens (primary N) is 1. The van der Waals surface area contributed by atoms with Crippen molar-refractivity contribution in [1.82, 2.24) is 0 Å². The second kappa shape index (κ2) is 6.30. The van der Waals surface area contributed by atoms with Crippen LogP contribution in [-0.4, -0.2) is 7.11 Å². The van der Waals surface area contributed by atoms with Crippen molar-refractivity contribution in [2.75, 3.05) is 12.8 Å². The van der Waals surface area contributed by atoms with Crippen LogP contribution >= 0.6 is 31.9 Å². The van der Waals surface area contributed by atoms with Gasteiger partial charge in [0.25, 0.3) is 0 Å².